The van der Waals surface area contributed by atoms with Crippen molar-refractivity contribution in [1.29, 1.82) is 0 Å². The molecule has 4 heteroatoms. The van der Waals surface area contributed by atoms with E-state index >= 15 is 0 Å². The maximum atomic E-state index is 12.1. The van der Waals surface area contributed by atoms with Crippen LogP contribution < -0.4 is 4.74 Å². The number of rotatable bonds is 6. The zero-order valence-corrected chi connectivity index (χ0v) is 13.1. The lowest BCUT2D eigenvalue weighted by Gasteiger charge is -2.35. The summed E-state index contributed by atoms with van der Waals surface area (Å²) in [6.45, 7) is 9.71. The van der Waals surface area contributed by atoms with Crippen LogP contribution in [0.4, 0.5) is 0 Å². The molecule has 0 saturated carbocycles. The first-order valence-corrected chi connectivity index (χ1v) is 7.83. The van der Waals surface area contributed by atoms with Crippen molar-refractivity contribution in [2.24, 2.45) is 5.92 Å². The molecular formula is C17H26N2O2. The van der Waals surface area contributed by atoms with Crippen LogP contribution in [0.3, 0.4) is 0 Å². The summed E-state index contributed by atoms with van der Waals surface area (Å²) < 4.78 is 5.58. The van der Waals surface area contributed by atoms with Gasteiger partial charge in [0.2, 0.25) is 5.91 Å². The van der Waals surface area contributed by atoms with E-state index in [1.54, 1.807) is 0 Å². The number of amides is 1. The molecule has 1 saturated heterocycles. The molecule has 1 aromatic rings. The van der Waals surface area contributed by atoms with Crippen LogP contribution >= 0.6 is 0 Å². The van der Waals surface area contributed by atoms with Gasteiger partial charge in [-0.1, -0.05) is 32.0 Å². The van der Waals surface area contributed by atoms with Crippen molar-refractivity contribution in [3.8, 4) is 5.75 Å². The Morgan fingerprint density at radius 1 is 1.14 bits per heavy atom. The predicted octanol–water partition coefficient (Wildman–Crippen LogP) is 2.26. The fraction of sp³-hybridized carbons (Fsp3) is 0.588. The highest BCUT2D eigenvalue weighted by atomic mass is 16.5. The van der Waals surface area contributed by atoms with Gasteiger partial charge < -0.3 is 9.64 Å². The van der Waals surface area contributed by atoms with Gasteiger partial charge in [-0.25, -0.2) is 0 Å². The molecule has 4 nitrogen and oxygen atoms in total. The van der Waals surface area contributed by atoms with Crippen LogP contribution in [-0.2, 0) is 4.79 Å². The Bertz CT molecular complexity index is 426. The molecule has 1 fully saturated rings. The van der Waals surface area contributed by atoms with Crippen molar-refractivity contribution in [1.82, 2.24) is 9.80 Å². The molecule has 0 aromatic heterocycles. The highest BCUT2D eigenvalue weighted by Crippen LogP contribution is 2.10. The van der Waals surface area contributed by atoms with E-state index in [4.69, 9.17) is 4.74 Å². The minimum atomic E-state index is 0.204. The average Bonchev–Trinajstić information content (AvgIpc) is 2.48. The summed E-state index contributed by atoms with van der Waals surface area (Å²) in [6, 6.07) is 9.65. The van der Waals surface area contributed by atoms with Crippen LogP contribution in [0.1, 0.15) is 20.3 Å². The van der Waals surface area contributed by atoms with Gasteiger partial charge in [-0.2, -0.15) is 0 Å². The van der Waals surface area contributed by atoms with Crippen LogP contribution in [-0.4, -0.2) is 55.0 Å². The summed E-state index contributed by atoms with van der Waals surface area (Å²) >= 11 is 0. The standard InChI is InChI=1S/C17H26N2O2/c1-15(2)14-18-9-11-19(12-10-18)17(20)8-13-21-16-6-4-3-5-7-16/h3-7,15H,8-14H2,1-2H3. The molecule has 1 aromatic carbocycles. The van der Waals surface area contributed by atoms with E-state index in [-0.39, 0.29) is 5.91 Å². The van der Waals surface area contributed by atoms with Crippen LogP contribution in [0.2, 0.25) is 0 Å². The minimum Gasteiger partial charge on any atom is -0.493 e. The summed E-state index contributed by atoms with van der Waals surface area (Å²) in [5, 5.41) is 0. The van der Waals surface area contributed by atoms with Crippen molar-refractivity contribution >= 4 is 5.91 Å². The number of benzene rings is 1. The van der Waals surface area contributed by atoms with Crippen LogP contribution in [0.15, 0.2) is 30.3 Å². The zero-order chi connectivity index (χ0) is 15.1. The second kappa shape index (κ2) is 8.03. The maximum absolute atomic E-state index is 12.1. The van der Waals surface area contributed by atoms with E-state index in [2.05, 4.69) is 18.7 Å². The second-order valence-corrected chi connectivity index (χ2v) is 5.99. The lowest BCUT2D eigenvalue weighted by Crippen LogP contribution is -2.49. The second-order valence-electron chi connectivity index (χ2n) is 5.99. The van der Waals surface area contributed by atoms with Gasteiger partial charge in [-0.15, -0.1) is 0 Å². The summed E-state index contributed by atoms with van der Waals surface area (Å²) in [5.74, 6) is 1.72. The van der Waals surface area contributed by atoms with Gasteiger partial charge in [-0.05, 0) is 18.1 Å². The number of carbonyl (C=O) groups excluding carboxylic acids is 1. The van der Waals surface area contributed by atoms with Gasteiger partial charge in [0, 0.05) is 32.7 Å². The number of nitrogens with zero attached hydrogens (tertiary/aromatic N) is 2. The largest absolute Gasteiger partial charge is 0.493 e. The van der Waals surface area contributed by atoms with E-state index in [1.165, 1.54) is 0 Å². The quantitative estimate of drug-likeness (QED) is 0.805. The molecule has 0 bridgehead atoms. The SMILES string of the molecule is CC(C)CN1CCN(C(=O)CCOc2ccccc2)CC1. The molecule has 2 rings (SSSR count). The predicted molar refractivity (Wildman–Crippen MR) is 84.4 cm³/mol. The van der Waals surface area contributed by atoms with Crippen LogP contribution in [0, 0.1) is 5.92 Å². The molecule has 1 heterocycles. The maximum Gasteiger partial charge on any atom is 0.226 e. The third-order valence-corrected chi connectivity index (χ3v) is 3.68. The van der Waals surface area contributed by atoms with Gasteiger partial charge in [-0.3, -0.25) is 9.69 Å². The van der Waals surface area contributed by atoms with E-state index in [0.717, 1.165) is 38.5 Å². The molecule has 0 unspecified atom stereocenters. The van der Waals surface area contributed by atoms with Gasteiger partial charge in [0.05, 0.1) is 13.0 Å². The first kappa shape index (κ1) is 15.8. The zero-order valence-electron chi connectivity index (χ0n) is 13.1. The fourth-order valence-electron chi connectivity index (χ4n) is 2.63. The minimum absolute atomic E-state index is 0.204. The Balaban J connectivity index is 1.65. The lowest BCUT2D eigenvalue weighted by molar-refractivity contribution is -0.133. The van der Waals surface area contributed by atoms with Crippen molar-refractivity contribution in [3.05, 3.63) is 30.3 Å². The van der Waals surface area contributed by atoms with Crippen LogP contribution in [0.25, 0.3) is 0 Å². The molecule has 1 aliphatic heterocycles. The number of hydrogen-bond acceptors (Lipinski definition) is 3. The monoisotopic (exact) mass is 290 g/mol. The molecule has 1 aliphatic rings. The van der Waals surface area contributed by atoms with E-state index in [9.17, 15) is 4.79 Å². The van der Waals surface area contributed by atoms with Crippen molar-refractivity contribution in [2.75, 3.05) is 39.3 Å². The first-order chi connectivity index (χ1) is 10.1. The molecule has 0 radical (unpaired) electrons. The Kier molecular flexibility index (Phi) is 6.05. The third kappa shape index (κ3) is 5.38. The molecule has 0 aliphatic carbocycles. The smallest absolute Gasteiger partial charge is 0.226 e. The van der Waals surface area contributed by atoms with Gasteiger partial charge in [0.1, 0.15) is 5.75 Å². The van der Waals surface area contributed by atoms with E-state index < -0.39 is 0 Å². The molecule has 21 heavy (non-hydrogen) atoms. The fourth-order valence-corrected chi connectivity index (χ4v) is 2.63. The van der Waals surface area contributed by atoms with Crippen molar-refractivity contribution in [3.63, 3.8) is 0 Å². The summed E-state index contributed by atoms with van der Waals surface area (Å²) in [5.41, 5.74) is 0. The number of para-hydroxylation sites is 1. The third-order valence-electron chi connectivity index (χ3n) is 3.68. The van der Waals surface area contributed by atoms with Gasteiger partial charge in [0.15, 0.2) is 0 Å². The number of piperazine rings is 1. The molecule has 116 valence electrons. The summed E-state index contributed by atoms with van der Waals surface area (Å²) in [7, 11) is 0. The van der Waals surface area contributed by atoms with Crippen molar-refractivity contribution in [2.45, 2.75) is 20.3 Å². The Morgan fingerprint density at radius 3 is 2.43 bits per heavy atom. The summed E-state index contributed by atoms with van der Waals surface area (Å²) in [4.78, 5) is 16.5. The number of ether oxygens (including phenoxy) is 1. The Labute approximate surface area is 127 Å². The lowest BCUT2D eigenvalue weighted by atomic mass is 10.2. The van der Waals surface area contributed by atoms with Crippen LogP contribution in [0.5, 0.6) is 5.75 Å². The summed E-state index contributed by atoms with van der Waals surface area (Å²) in [6.07, 6.45) is 0.457. The first-order valence-electron chi connectivity index (χ1n) is 7.83. The topological polar surface area (TPSA) is 32.8 Å². The highest BCUT2D eigenvalue weighted by molar-refractivity contribution is 5.76. The number of hydrogen-bond donors (Lipinski definition) is 0. The normalized spacial score (nSPS) is 16.2. The molecule has 0 spiro atoms. The van der Waals surface area contributed by atoms with Gasteiger partial charge >= 0.3 is 0 Å². The molecule has 1 amide bonds. The molecular weight excluding hydrogens is 264 g/mol. The molecule has 0 N–H and O–H groups in total. The average molecular weight is 290 g/mol. The Hall–Kier alpha value is -1.55. The van der Waals surface area contributed by atoms with Crippen molar-refractivity contribution < 1.29 is 9.53 Å². The van der Waals surface area contributed by atoms with Gasteiger partial charge in [0.25, 0.3) is 0 Å². The van der Waals surface area contributed by atoms with E-state index in [1.807, 2.05) is 35.2 Å². The highest BCUT2D eigenvalue weighted by Gasteiger charge is 2.21. The van der Waals surface area contributed by atoms with E-state index in [0.29, 0.717) is 18.9 Å². The molecule has 0 atom stereocenters. The number of carbonyl (C=O) groups is 1. The Morgan fingerprint density at radius 2 is 1.81 bits per heavy atom.